The molecule has 0 radical (unpaired) electrons. The van der Waals surface area contributed by atoms with Gasteiger partial charge in [0.15, 0.2) is 0 Å². The first-order valence-corrected chi connectivity index (χ1v) is 7.21. The zero-order chi connectivity index (χ0) is 15.5. The number of amides is 1. The van der Waals surface area contributed by atoms with Crippen molar-refractivity contribution >= 4 is 23.2 Å². The highest BCUT2D eigenvalue weighted by molar-refractivity contribution is 6.30. The molecule has 1 saturated heterocycles. The van der Waals surface area contributed by atoms with E-state index in [4.69, 9.17) is 11.6 Å². The minimum absolute atomic E-state index is 0.150. The predicted molar refractivity (Wildman–Crippen MR) is 83.4 cm³/mol. The molecule has 2 aromatic rings. The smallest absolute Gasteiger partial charge is 0.242 e. The molecule has 1 aromatic heterocycles. The van der Waals surface area contributed by atoms with Gasteiger partial charge in [0.1, 0.15) is 11.8 Å². The van der Waals surface area contributed by atoms with Gasteiger partial charge in [0, 0.05) is 16.8 Å². The van der Waals surface area contributed by atoms with E-state index in [2.05, 4.69) is 21.2 Å². The van der Waals surface area contributed by atoms with Gasteiger partial charge in [-0.15, -0.1) is 0 Å². The molecular weight excluding hydrogens is 304 g/mol. The molecule has 2 unspecified atom stereocenters. The summed E-state index contributed by atoms with van der Waals surface area (Å²) in [5, 5.41) is 13.2. The third-order valence-corrected chi connectivity index (χ3v) is 3.75. The normalized spacial score (nSPS) is 20.8. The highest BCUT2D eigenvalue weighted by atomic mass is 35.5. The molecule has 7 heteroatoms. The van der Waals surface area contributed by atoms with Gasteiger partial charge in [0.2, 0.25) is 5.91 Å². The van der Waals surface area contributed by atoms with Gasteiger partial charge < -0.3 is 10.4 Å². The maximum absolute atomic E-state index is 12.2. The van der Waals surface area contributed by atoms with Gasteiger partial charge in [-0.1, -0.05) is 11.6 Å². The second-order valence-corrected chi connectivity index (χ2v) is 5.50. The molecule has 3 rings (SSSR count). The average Bonchev–Trinajstić information content (AvgIpc) is 3.00. The van der Waals surface area contributed by atoms with Crippen LogP contribution < -0.4 is 16.2 Å². The molecule has 0 saturated carbocycles. The number of phenols is 1. The van der Waals surface area contributed by atoms with Crippen LogP contribution in [0.25, 0.3) is 0 Å². The van der Waals surface area contributed by atoms with Gasteiger partial charge in [-0.25, -0.2) is 10.9 Å². The number of aromatic hydroxyl groups is 1. The molecule has 1 aromatic carbocycles. The van der Waals surface area contributed by atoms with Crippen LogP contribution in [-0.2, 0) is 4.79 Å². The number of carbonyl (C=O) groups is 1. The van der Waals surface area contributed by atoms with Gasteiger partial charge in [-0.2, -0.15) is 0 Å². The number of carbonyl (C=O) groups excluding carboxylic acids is 1. The first-order valence-electron chi connectivity index (χ1n) is 6.84. The second kappa shape index (κ2) is 6.31. The summed E-state index contributed by atoms with van der Waals surface area (Å²) in [5.74, 6) is -0.0125. The zero-order valence-electron chi connectivity index (χ0n) is 11.6. The largest absolute Gasteiger partial charge is 0.508 e. The van der Waals surface area contributed by atoms with E-state index in [9.17, 15) is 9.90 Å². The van der Waals surface area contributed by atoms with E-state index in [0.29, 0.717) is 22.7 Å². The Morgan fingerprint density at radius 1 is 1.36 bits per heavy atom. The molecule has 2 heterocycles. The summed E-state index contributed by atoms with van der Waals surface area (Å²) in [6.45, 7) is 0. The molecule has 1 aliphatic heterocycles. The average molecular weight is 319 g/mol. The molecule has 0 spiro atoms. The van der Waals surface area contributed by atoms with Crippen LogP contribution in [0.2, 0.25) is 5.02 Å². The van der Waals surface area contributed by atoms with E-state index in [0.717, 1.165) is 0 Å². The van der Waals surface area contributed by atoms with Crippen molar-refractivity contribution in [1.29, 1.82) is 0 Å². The van der Waals surface area contributed by atoms with Crippen molar-refractivity contribution in [1.82, 2.24) is 15.8 Å². The summed E-state index contributed by atoms with van der Waals surface area (Å²) in [5.41, 5.74) is 7.25. The Labute approximate surface area is 132 Å². The third-order valence-electron chi connectivity index (χ3n) is 3.51. The fourth-order valence-electron chi connectivity index (χ4n) is 2.40. The SMILES string of the molecule is O=C(Nc1cccnc1)C1CC(c2cc(Cl)ccc2O)NN1. The number of nitrogens with zero attached hydrogens (tertiary/aromatic N) is 1. The number of rotatable bonds is 3. The lowest BCUT2D eigenvalue weighted by Gasteiger charge is -2.12. The number of nitrogens with one attached hydrogen (secondary N) is 3. The van der Waals surface area contributed by atoms with E-state index in [-0.39, 0.29) is 17.7 Å². The van der Waals surface area contributed by atoms with Crippen LogP contribution in [0.4, 0.5) is 5.69 Å². The van der Waals surface area contributed by atoms with E-state index < -0.39 is 6.04 Å². The maximum atomic E-state index is 12.2. The second-order valence-electron chi connectivity index (χ2n) is 5.06. The number of aromatic nitrogens is 1. The van der Waals surface area contributed by atoms with Crippen LogP contribution in [0, 0.1) is 0 Å². The summed E-state index contributed by atoms with van der Waals surface area (Å²) in [7, 11) is 0. The van der Waals surface area contributed by atoms with Crippen LogP contribution in [0.5, 0.6) is 5.75 Å². The number of anilines is 1. The van der Waals surface area contributed by atoms with Gasteiger partial charge in [0.25, 0.3) is 0 Å². The Balaban J connectivity index is 1.67. The summed E-state index contributed by atoms with van der Waals surface area (Å²) < 4.78 is 0. The fourth-order valence-corrected chi connectivity index (χ4v) is 2.58. The van der Waals surface area contributed by atoms with E-state index >= 15 is 0 Å². The monoisotopic (exact) mass is 318 g/mol. The van der Waals surface area contributed by atoms with Gasteiger partial charge in [0.05, 0.1) is 17.9 Å². The number of halogens is 1. The van der Waals surface area contributed by atoms with Crippen molar-refractivity contribution in [3.8, 4) is 5.75 Å². The summed E-state index contributed by atoms with van der Waals surface area (Å²) in [6, 6.07) is 7.78. The number of hydrazine groups is 1. The third kappa shape index (κ3) is 3.19. The highest BCUT2D eigenvalue weighted by Crippen LogP contribution is 2.31. The molecule has 6 nitrogen and oxygen atoms in total. The number of benzene rings is 1. The van der Waals surface area contributed by atoms with Crippen molar-refractivity contribution in [3.63, 3.8) is 0 Å². The van der Waals surface area contributed by atoms with Crippen molar-refractivity contribution < 1.29 is 9.90 Å². The number of hydrogen-bond acceptors (Lipinski definition) is 5. The number of phenolic OH excluding ortho intramolecular Hbond substituents is 1. The minimum Gasteiger partial charge on any atom is -0.508 e. The molecule has 1 fully saturated rings. The quantitative estimate of drug-likeness (QED) is 0.695. The Bertz CT molecular complexity index is 680. The van der Waals surface area contributed by atoms with Crippen LogP contribution in [-0.4, -0.2) is 22.0 Å². The van der Waals surface area contributed by atoms with Crippen LogP contribution in [0.15, 0.2) is 42.7 Å². The molecule has 22 heavy (non-hydrogen) atoms. The highest BCUT2D eigenvalue weighted by Gasteiger charge is 2.31. The summed E-state index contributed by atoms with van der Waals surface area (Å²) in [6.07, 6.45) is 3.73. The number of hydrogen-bond donors (Lipinski definition) is 4. The van der Waals surface area contributed by atoms with Crippen molar-refractivity contribution in [2.45, 2.75) is 18.5 Å². The molecule has 114 valence electrons. The first kappa shape index (κ1) is 14.8. The number of pyridine rings is 1. The van der Waals surface area contributed by atoms with Crippen LogP contribution >= 0.6 is 11.6 Å². The van der Waals surface area contributed by atoms with E-state index in [1.54, 1.807) is 42.7 Å². The van der Waals surface area contributed by atoms with Gasteiger partial charge >= 0.3 is 0 Å². The van der Waals surface area contributed by atoms with E-state index in [1.165, 1.54) is 0 Å². The molecule has 2 atom stereocenters. The Morgan fingerprint density at radius 2 is 2.23 bits per heavy atom. The van der Waals surface area contributed by atoms with Crippen molar-refractivity contribution in [2.75, 3.05) is 5.32 Å². The van der Waals surface area contributed by atoms with E-state index in [1.807, 2.05) is 0 Å². The molecule has 1 aliphatic rings. The van der Waals surface area contributed by atoms with Crippen molar-refractivity contribution in [3.05, 3.63) is 53.3 Å². The van der Waals surface area contributed by atoms with Crippen LogP contribution in [0.1, 0.15) is 18.0 Å². The maximum Gasteiger partial charge on any atom is 0.242 e. The molecule has 0 bridgehead atoms. The molecule has 1 amide bonds. The van der Waals surface area contributed by atoms with Gasteiger partial charge in [-0.3, -0.25) is 9.78 Å². The molecule has 0 aliphatic carbocycles. The summed E-state index contributed by atoms with van der Waals surface area (Å²) in [4.78, 5) is 16.2. The Hall–Kier alpha value is -2.15. The minimum atomic E-state index is -0.413. The fraction of sp³-hybridized carbons (Fsp3) is 0.200. The van der Waals surface area contributed by atoms with Crippen molar-refractivity contribution in [2.24, 2.45) is 0 Å². The molecule has 4 N–H and O–H groups in total. The first-order chi connectivity index (χ1) is 10.6. The predicted octanol–water partition coefficient (Wildman–Crippen LogP) is 1.99. The summed E-state index contributed by atoms with van der Waals surface area (Å²) >= 11 is 5.96. The van der Waals surface area contributed by atoms with Crippen LogP contribution in [0.3, 0.4) is 0 Å². The Morgan fingerprint density at radius 3 is 3.00 bits per heavy atom. The lowest BCUT2D eigenvalue weighted by atomic mass is 10.0. The standard InChI is InChI=1S/C15H15ClN4O2/c16-9-3-4-14(21)11(6-9)12-7-13(20-19-12)15(22)18-10-2-1-5-17-8-10/h1-6,8,12-13,19-21H,7H2,(H,18,22). The Kier molecular flexibility index (Phi) is 4.24. The topological polar surface area (TPSA) is 86.3 Å². The zero-order valence-corrected chi connectivity index (χ0v) is 12.3. The lowest BCUT2D eigenvalue weighted by molar-refractivity contribution is -0.117. The van der Waals surface area contributed by atoms with Gasteiger partial charge in [-0.05, 0) is 36.8 Å². The lowest BCUT2D eigenvalue weighted by Crippen LogP contribution is -2.39. The molecular formula is C15H15ClN4O2.